The summed E-state index contributed by atoms with van der Waals surface area (Å²) in [5.41, 5.74) is 4.09. The molecule has 1 heterocycles. The average Bonchev–Trinajstić information content (AvgIpc) is 2.74. The molecule has 2 aromatic rings. The fraction of sp³-hybridized carbons (Fsp3) is 0.462. The summed E-state index contributed by atoms with van der Waals surface area (Å²) in [5.74, 6) is -0.205. The number of rotatable bonds is 4. The maximum absolute atomic E-state index is 13.1. The van der Waals surface area contributed by atoms with Crippen LogP contribution in [0.25, 0.3) is 11.0 Å². The Hall–Kier alpha value is -1.60. The van der Waals surface area contributed by atoms with Crippen LogP contribution in [-0.2, 0) is 16.8 Å². The van der Waals surface area contributed by atoms with Gasteiger partial charge in [0.2, 0.25) is 0 Å². The van der Waals surface area contributed by atoms with Gasteiger partial charge in [-0.25, -0.2) is 4.98 Å². The molecule has 0 aliphatic heterocycles. The number of hydrogen-bond acceptors (Lipinski definition) is 3. The molecule has 0 saturated carbocycles. The summed E-state index contributed by atoms with van der Waals surface area (Å²) in [6.07, 6.45) is -4.58. The molecule has 20 heavy (non-hydrogen) atoms. The normalized spacial score (nSPS) is 15.5. The Morgan fingerprint density at radius 3 is 2.55 bits per heavy atom. The molecule has 1 aromatic heterocycles. The molecule has 0 fully saturated rings. The molecule has 110 valence electrons. The van der Waals surface area contributed by atoms with E-state index in [2.05, 4.69) is 4.98 Å². The Labute approximate surface area is 114 Å². The molecule has 0 bridgehead atoms. The third kappa shape index (κ3) is 2.38. The van der Waals surface area contributed by atoms with Crippen molar-refractivity contribution in [2.75, 3.05) is 13.7 Å². The van der Waals surface area contributed by atoms with Gasteiger partial charge in [0.15, 0.2) is 5.54 Å². The number of nitrogens with zero attached hydrogens (tertiary/aromatic N) is 2. The summed E-state index contributed by atoms with van der Waals surface area (Å²) in [5, 5.41) is 0. The molecule has 2 rings (SSSR count). The molecular formula is C13H16F3N3O. The van der Waals surface area contributed by atoms with E-state index in [1.54, 1.807) is 24.3 Å². The molecule has 1 unspecified atom stereocenters. The second kappa shape index (κ2) is 5.06. The van der Waals surface area contributed by atoms with E-state index in [1.807, 2.05) is 0 Å². The van der Waals surface area contributed by atoms with Gasteiger partial charge in [-0.2, -0.15) is 13.2 Å². The highest BCUT2D eigenvalue weighted by atomic mass is 19.4. The highest BCUT2D eigenvalue weighted by molar-refractivity contribution is 5.76. The van der Waals surface area contributed by atoms with Crippen molar-refractivity contribution in [2.45, 2.75) is 25.2 Å². The maximum Gasteiger partial charge on any atom is 0.413 e. The van der Waals surface area contributed by atoms with E-state index < -0.39 is 11.7 Å². The number of alkyl halides is 3. The van der Waals surface area contributed by atoms with E-state index in [9.17, 15) is 13.2 Å². The van der Waals surface area contributed by atoms with Crippen molar-refractivity contribution in [1.29, 1.82) is 0 Å². The molecule has 4 nitrogen and oxygen atoms in total. The number of methoxy groups -OCH3 is 1. The second-order valence-electron chi connectivity index (χ2n) is 4.77. The van der Waals surface area contributed by atoms with Crippen LogP contribution < -0.4 is 5.73 Å². The summed E-state index contributed by atoms with van der Waals surface area (Å²) in [6, 6.07) is 6.85. The zero-order chi connectivity index (χ0) is 15.0. The van der Waals surface area contributed by atoms with Gasteiger partial charge >= 0.3 is 6.18 Å². The summed E-state index contributed by atoms with van der Waals surface area (Å²) in [7, 11) is 1.49. The van der Waals surface area contributed by atoms with E-state index >= 15 is 0 Å². The lowest BCUT2D eigenvalue weighted by atomic mass is 10.0. The van der Waals surface area contributed by atoms with Gasteiger partial charge in [0.25, 0.3) is 0 Å². The van der Waals surface area contributed by atoms with Crippen LogP contribution in [0.1, 0.15) is 12.7 Å². The van der Waals surface area contributed by atoms with Gasteiger partial charge in [0, 0.05) is 13.7 Å². The first-order chi connectivity index (χ1) is 9.29. The van der Waals surface area contributed by atoms with E-state index in [1.165, 1.54) is 11.7 Å². The molecular weight excluding hydrogens is 271 g/mol. The number of halogens is 3. The predicted octanol–water partition coefficient (Wildman–Crippen LogP) is 2.42. The molecule has 1 atom stereocenters. The first-order valence-electron chi connectivity index (χ1n) is 6.09. The average molecular weight is 287 g/mol. The highest BCUT2D eigenvalue weighted by Crippen LogP contribution is 2.37. The quantitative estimate of drug-likeness (QED) is 0.939. The van der Waals surface area contributed by atoms with Crippen molar-refractivity contribution < 1.29 is 17.9 Å². The summed E-state index contributed by atoms with van der Waals surface area (Å²) in [4.78, 5) is 4.07. The number of para-hydroxylation sites is 2. The highest BCUT2D eigenvalue weighted by Gasteiger charge is 2.52. The predicted molar refractivity (Wildman–Crippen MR) is 69.2 cm³/mol. The molecule has 0 spiro atoms. The lowest BCUT2D eigenvalue weighted by Gasteiger charge is -2.27. The zero-order valence-electron chi connectivity index (χ0n) is 11.2. The van der Waals surface area contributed by atoms with Crippen LogP contribution in [0.3, 0.4) is 0 Å². The molecule has 0 aliphatic carbocycles. The molecule has 1 aromatic carbocycles. The van der Waals surface area contributed by atoms with Crippen LogP contribution in [0.5, 0.6) is 0 Å². The first kappa shape index (κ1) is 14.8. The van der Waals surface area contributed by atoms with Crippen LogP contribution >= 0.6 is 0 Å². The Morgan fingerprint density at radius 2 is 1.95 bits per heavy atom. The number of aromatic nitrogens is 2. The third-order valence-corrected chi connectivity index (χ3v) is 3.23. The van der Waals surface area contributed by atoms with E-state index in [0.29, 0.717) is 11.0 Å². The smallest absolute Gasteiger partial charge is 0.383 e. The van der Waals surface area contributed by atoms with Gasteiger partial charge in [0.1, 0.15) is 5.82 Å². The topological polar surface area (TPSA) is 53.1 Å². The Bertz CT molecular complexity index is 604. The van der Waals surface area contributed by atoms with Crippen molar-refractivity contribution in [3.8, 4) is 0 Å². The van der Waals surface area contributed by atoms with E-state index in [-0.39, 0.29) is 19.0 Å². The molecule has 7 heteroatoms. The number of hydrogen-bond donors (Lipinski definition) is 1. The van der Waals surface area contributed by atoms with Crippen molar-refractivity contribution in [3.05, 3.63) is 30.1 Å². The van der Waals surface area contributed by atoms with Gasteiger partial charge < -0.3 is 15.0 Å². The van der Waals surface area contributed by atoms with Crippen LogP contribution in [0, 0.1) is 0 Å². The summed E-state index contributed by atoms with van der Waals surface area (Å²) in [6.45, 7) is 1.47. The number of ether oxygens (including phenoxy) is 1. The lowest BCUT2D eigenvalue weighted by Crippen LogP contribution is -2.49. The molecule has 0 radical (unpaired) electrons. The van der Waals surface area contributed by atoms with Gasteiger partial charge in [-0.3, -0.25) is 0 Å². The van der Waals surface area contributed by atoms with Gasteiger partial charge in [-0.05, 0) is 19.1 Å². The zero-order valence-corrected chi connectivity index (χ0v) is 11.2. The van der Waals surface area contributed by atoms with Gasteiger partial charge in [-0.1, -0.05) is 12.1 Å². The largest absolute Gasteiger partial charge is 0.413 e. The van der Waals surface area contributed by atoms with Crippen molar-refractivity contribution in [3.63, 3.8) is 0 Å². The Morgan fingerprint density at radius 1 is 1.30 bits per heavy atom. The van der Waals surface area contributed by atoms with Crippen LogP contribution in [0.2, 0.25) is 0 Å². The minimum absolute atomic E-state index is 0.205. The second-order valence-corrected chi connectivity index (χ2v) is 4.77. The summed E-state index contributed by atoms with van der Waals surface area (Å²) < 4.78 is 45.8. The number of benzene rings is 1. The van der Waals surface area contributed by atoms with Crippen LogP contribution in [0.15, 0.2) is 24.3 Å². The third-order valence-electron chi connectivity index (χ3n) is 3.23. The SMILES string of the molecule is COCCn1c(C(C)(N)C(F)(F)F)nc2ccccc21. The van der Waals surface area contributed by atoms with Crippen molar-refractivity contribution in [1.82, 2.24) is 9.55 Å². The van der Waals surface area contributed by atoms with E-state index in [4.69, 9.17) is 10.5 Å². The Balaban J connectivity index is 2.62. The molecule has 0 amide bonds. The number of fused-ring (bicyclic) bond motifs is 1. The van der Waals surface area contributed by atoms with Crippen LogP contribution in [-0.4, -0.2) is 29.4 Å². The van der Waals surface area contributed by atoms with E-state index in [0.717, 1.165) is 6.92 Å². The molecule has 0 saturated heterocycles. The monoisotopic (exact) mass is 287 g/mol. The lowest BCUT2D eigenvalue weighted by molar-refractivity contribution is -0.187. The van der Waals surface area contributed by atoms with Crippen LogP contribution in [0.4, 0.5) is 13.2 Å². The fourth-order valence-corrected chi connectivity index (χ4v) is 2.01. The minimum Gasteiger partial charge on any atom is -0.383 e. The molecule has 2 N–H and O–H groups in total. The van der Waals surface area contributed by atoms with Crippen molar-refractivity contribution >= 4 is 11.0 Å². The van der Waals surface area contributed by atoms with Gasteiger partial charge in [-0.15, -0.1) is 0 Å². The standard InChI is InChI=1S/C13H16F3N3O/c1-12(17,13(14,15)16)11-18-9-5-3-4-6-10(9)19(11)7-8-20-2/h3-6H,7-8,17H2,1-2H3. The number of nitrogens with two attached hydrogens (primary N) is 1. The van der Waals surface area contributed by atoms with Crippen molar-refractivity contribution in [2.24, 2.45) is 5.73 Å². The van der Waals surface area contributed by atoms with Gasteiger partial charge in [0.05, 0.1) is 17.6 Å². The maximum atomic E-state index is 13.1. The number of imidazole rings is 1. The summed E-state index contributed by atoms with van der Waals surface area (Å²) >= 11 is 0. The fourth-order valence-electron chi connectivity index (χ4n) is 2.01. The Kier molecular flexibility index (Phi) is 3.75. The molecule has 0 aliphatic rings. The minimum atomic E-state index is -4.58. The first-order valence-corrected chi connectivity index (χ1v) is 6.09.